The lowest BCUT2D eigenvalue weighted by Crippen LogP contribution is -2.57. The van der Waals surface area contributed by atoms with E-state index in [0.29, 0.717) is 12.2 Å². The Balaban J connectivity index is 1.79. The number of nitrogens with zero attached hydrogens (tertiary/aromatic N) is 1. The number of hydrogen-bond acceptors (Lipinski definition) is 3. The smallest absolute Gasteiger partial charge is 0.0780 e. The molecule has 2 atom stereocenters. The predicted octanol–water partition coefficient (Wildman–Crippen LogP) is 1.25. The van der Waals surface area contributed by atoms with Crippen molar-refractivity contribution in [3.8, 4) is 0 Å². The molecule has 14 heavy (non-hydrogen) atoms. The molecule has 2 unspecified atom stereocenters. The largest absolute Gasteiger partial charge is 0.399 e. The molecule has 4 rings (SSSR count). The number of ether oxygens (including phenoxy) is 1. The zero-order chi connectivity index (χ0) is 9.54. The fourth-order valence-electron chi connectivity index (χ4n) is 2.25. The van der Waals surface area contributed by atoms with Crippen LogP contribution in [-0.4, -0.2) is 25.3 Å². The number of piperidine rings is 1. The van der Waals surface area contributed by atoms with Crippen LogP contribution in [0, 0.1) is 0 Å². The summed E-state index contributed by atoms with van der Waals surface area (Å²) in [5.41, 5.74) is 7.74. The van der Waals surface area contributed by atoms with E-state index in [9.17, 15) is 0 Å². The van der Waals surface area contributed by atoms with Crippen LogP contribution >= 0.6 is 0 Å². The van der Waals surface area contributed by atoms with E-state index in [0.717, 1.165) is 18.8 Å². The molecular formula is C11H14N2O. The molecule has 3 aliphatic rings. The van der Waals surface area contributed by atoms with Crippen LogP contribution in [0.1, 0.15) is 6.42 Å². The van der Waals surface area contributed by atoms with Crippen molar-refractivity contribution in [1.29, 1.82) is 0 Å². The van der Waals surface area contributed by atoms with E-state index in [1.54, 1.807) is 0 Å². The Morgan fingerprint density at radius 1 is 1.14 bits per heavy atom. The topological polar surface area (TPSA) is 38.5 Å². The molecular weight excluding hydrogens is 176 g/mol. The molecule has 3 heterocycles. The highest BCUT2D eigenvalue weighted by Crippen LogP contribution is 2.31. The van der Waals surface area contributed by atoms with Crippen LogP contribution in [0.15, 0.2) is 24.3 Å². The van der Waals surface area contributed by atoms with Gasteiger partial charge in [-0.3, -0.25) is 0 Å². The summed E-state index contributed by atoms with van der Waals surface area (Å²) >= 11 is 0. The Kier molecular flexibility index (Phi) is 1.67. The van der Waals surface area contributed by atoms with Crippen LogP contribution in [0.4, 0.5) is 11.4 Å². The highest BCUT2D eigenvalue weighted by molar-refractivity contribution is 5.53. The average molecular weight is 190 g/mol. The Bertz CT molecular complexity index is 320. The lowest BCUT2D eigenvalue weighted by Gasteiger charge is -2.48. The highest BCUT2D eigenvalue weighted by Gasteiger charge is 2.38. The molecule has 3 saturated heterocycles. The molecule has 0 aliphatic carbocycles. The molecule has 2 N–H and O–H groups in total. The van der Waals surface area contributed by atoms with Crippen molar-refractivity contribution in [3.63, 3.8) is 0 Å². The van der Waals surface area contributed by atoms with E-state index >= 15 is 0 Å². The van der Waals surface area contributed by atoms with E-state index in [-0.39, 0.29) is 0 Å². The van der Waals surface area contributed by atoms with Crippen molar-refractivity contribution in [1.82, 2.24) is 0 Å². The summed E-state index contributed by atoms with van der Waals surface area (Å²) < 4.78 is 5.58. The molecule has 1 aromatic carbocycles. The molecule has 0 saturated carbocycles. The van der Waals surface area contributed by atoms with Gasteiger partial charge in [0.15, 0.2) is 0 Å². The third kappa shape index (κ3) is 1.24. The van der Waals surface area contributed by atoms with Gasteiger partial charge in [-0.05, 0) is 24.3 Å². The number of benzene rings is 1. The molecule has 0 aromatic heterocycles. The summed E-state index contributed by atoms with van der Waals surface area (Å²) in [6.07, 6.45) is 2.17. The lowest BCUT2D eigenvalue weighted by molar-refractivity contribution is -0.133. The summed E-state index contributed by atoms with van der Waals surface area (Å²) in [6.45, 7) is 2.06. The summed E-state index contributed by atoms with van der Waals surface area (Å²) in [7, 11) is 0. The molecule has 1 aromatic rings. The van der Waals surface area contributed by atoms with Gasteiger partial charge in [-0.25, -0.2) is 0 Å². The number of anilines is 2. The number of fused-ring (bicyclic) bond motifs is 2. The maximum atomic E-state index is 5.65. The lowest BCUT2D eigenvalue weighted by atomic mass is 9.98. The summed E-state index contributed by atoms with van der Waals surface area (Å²) in [5, 5.41) is 0. The molecule has 0 radical (unpaired) electrons. The van der Waals surface area contributed by atoms with Gasteiger partial charge in [0.25, 0.3) is 0 Å². The van der Waals surface area contributed by atoms with Crippen molar-refractivity contribution >= 4 is 11.4 Å². The monoisotopic (exact) mass is 190 g/mol. The number of hydrogen-bond donors (Lipinski definition) is 1. The Morgan fingerprint density at radius 2 is 1.71 bits per heavy atom. The molecule has 0 amide bonds. The van der Waals surface area contributed by atoms with Gasteiger partial charge in [-0.15, -0.1) is 0 Å². The third-order valence-electron chi connectivity index (χ3n) is 3.02. The van der Waals surface area contributed by atoms with E-state index in [4.69, 9.17) is 10.5 Å². The maximum Gasteiger partial charge on any atom is 0.0780 e. The third-order valence-corrected chi connectivity index (χ3v) is 3.02. The first-order valence-electron chi connectivity index (χ1n) is 5.07. The second kappa shape index (κ2) is 2.89. The number of morpholine rings is 1. The molecule has 3 aliphatic heterocycles. The van der Waals surface area contributed by atoms with Crippen molar-refractivity contribution in [3.05, 3.63) is 24.3 Å². The zero-order valence-electron chi connectivity index (χ0n) is 8.02. The van der Waals surface area contributed by atoms with Crippen LogP contribution < -0.4 is 10.6 Å². The summed E-state index contributed by atoms with van der Waals surface area (Å²) in [5.74, 6) is 0. The minimum atomic E-state index is 0.464. The summed E-state index contributed by atoms with van der Waals surface area (Å²) in [6, 6.07) is 8.08. The average Bonchev–Trinajstić information content (AvgIpc) is 2.18. The van der Waals surface area contributed by atoms with Gasteiger partial charge >= 0.3 is 0 Å². The number of nitrogen functional groups attached to an aromatic ring is 1. The van der Waals surface area contributed by atoms with Gasteiger partial charge in [0.2, 0.25) is 0 Å². The van der Waals surface area contributed by atoms with Gasteiger partial charge in [0.05, 0.1) is 12.2 Å². The quantitative estimate of drug-likeness (QED) is 0.677. The van der Waals surface area contributed by atoms with Gasteiger partial charge < -0.3 is 15.4 Å². The minimum Gasteiger partial charge on any atom is -0.399 e. The molecule has 3 fully saturated rings. The molecule has 0 spiro atoms. The first-order valence-corrected chi connectivity index (χ1v) is 5.07. The van der Waals surface area contributed by atoms with Crippen molar-refractivity contribution in [2.45, 2.75) is 18.6 Å². The summed E-state index contributed by atoms with van der Waals surface area (Å²) in [4.78, 5) is 2.38. The van der Waals surface area contributed by atoms with Crippen LogP contribution in [0.25, 0.3) is 0 Å². The first-order chi connectivity index (χ1) is 6.81. The van der Waals surface area contributed by atoms with E-state index in [1.165, 1.54) is 12.1 Å². The minimum absolute atomic E-state index is 0.464. The van der Waals surface area contributed by atoms with Crippen molar-refractivity contribution in [2.75, 3.05) is 23.7 Å². The van der Waals surface area contributed by atoms with E-state index < -0.39 is 0 Å². The SMILES string of the molecule is Nc1ccc(N2CC3CC(C2)O3)cc1. The molecule has 2 bridgehead atoms. The van der Waals surface area contributed by atoms with Crippen LogP contribution in [-0.2, 0) is 4.74 Å². The van der Waals surface area contributed by atoms with Gasteiger partial charge in [-0.2, -0.15) is 0 Å². The first kappa shape index (κ1) is 8.12. The fourth-order valence-corrected chi connectivity index (χ4v) is 2.25. The van der Waals surface area contributed by atoms with Crippen molar-refractivity contribution < 1.29 is 4.74 Å². The highest BCUT2D eigenvalue weighted by atomic mass is 16.5. The molecule has 3 nitrogen and oxygen atoms in total. The predicted molar refractivity (Wildman–Crippen MR) is 56.3 cm³/mol. The second-order valence-electron chi connectivity index (χ2n) is 4.11. The second-order valence-corrected chi connectivity index (χ2v) is 4.11. The fraction of sp³-hybridized carbons (Fsp3) is 0.455. The standard InChI is InChI=1S/C11H14N2O/c12-8-1-3-9(4-2-8)13-6-10-5-11(7-13)14-10/h1-4,10-11H,5-7,12H2. The van der Waals surface area contributed by atoms with Gasteiger partial charge in [-0.1, -0.05) is 0 Å². The van der Waals surface area contributed by atoms with Gasteiger partial charge in [0.1, 0.15) is 0 Å². The normalized spacial score (nSPS) is 29.9. The Labute approximate surface area is 83.5 Å². The Hall–Kier alpha value is -1.22. The van der Waals surface area contributed by atoms with Crippen LogP contribution in [0.2, 0.25) is 0 Å². The molecule has 3 heteroatoms. The van der Waals surface area contributed by atoms with Crippen molar-refractivity contribution in [2.24, 2.45) is 0 Å². The Morgan fingerprint density at radius 3 is 2.29 bits per heavy atom. The maximum absolute atomic E-state index is 5.65. The number of rotatable bonds is 1. The van der Waals surface area contributed by atoms with Crippen LogP contribution in [0.5, 0.6) is 0 Å². The zero-order valence-corrected chi connectivity index (χ0v) is 8.02. The van der Waals surface area contributed by atoms with Crippen LogP contribution in [0.3, 0.4) is 0 Å². The van der Waals surface area contributed by atoms with E-state index in [1.807, 2.05) is 12.1 Å². The molecule has 74 valence electrons. The van der Waals surface area contributed by atoms with E-state index in [2.05, 4.69) is 17.0 Å². The number of nitrogens with two attached hydrogens (primary N) is 1. The van der Waals surface area contributed by atoms with Gasteiger partial charge in [0, 0.05) is 30.9 Å².